The summed E-state index contributed by atoms with van der Waals surface area (Å²) in [5.41, 5.74) is 7.54. The van der Waals surface area contributed by atoms with Gasteiger partial charge in [-0.3, -0.25) is 0 Å². The first-order valence-electron chi connectivity index (χ1n) is 6.89. The number of aromatic nitrogens is 1. The minimum Gasteiger partial charge on any atom is -0.476 e. The minimum atomic E-state index is -0.258. The number of nitrogens with zero attached hydrogens (tertiary/aromatic N) is 1. The van der Waals surface area contributed by atoms with Gasteiger partial charge in [0.15, 0.2) is 0 Å². The highest BCUT2D eigenvalue weighted by Gasteiger charge is 2.08. The number of halogens is 1. The Kier molecular flexibility index (Phi) is 4.62. The third-order valence-corrected chi connectivity index (χ3v) is 2.97. The molecule has 0 saturated heterocycles. The summed E-state index contributed by atoms with van der Waals surface area (Å²) in [6, 6.07) is 8.33. The molecule has 21 heavy (non-hydrogen) atoms. The molecule has 1 aromatic heterocycles. The van der Waals surface area contributed by atoms with E-state index in [0.717, 1.165) is 0 Å². The Balaban J connectivity index is 2.20. The number of ether oxygens (including phenoxy) is 1. The van der Waals surface area contributed by atoms with E-state index in [-0.39, 0.29) is 5.82 Å². The van der Waals surface area contributed by atoms with Crippen molar-refractivity contribution >= 4 is 17.2 Å². The lowest BCUT2D eigenvalue weighted by Gasteiger charge is -2.13. The quantitative estimate of drug-likeness (QED) is 0.876. The van der Waals surface area contributed by atoms with Crippen molar-refractivity contribution in [3.63, 3.8) is 0 Å². The van der Waals surface area contributed by atoms with E-state index in [9.17, 15) is 4.39 Å². The lowest BCUT2D eigenvalue weighted by Crippen LogP contribution is -2.08. The van der Waals surface area contributed by atoms with E-state index >= 15 is 0 Å². The largest absolute Gasteiger partial charge is 0.476 e. The normalized spacial score (nSPS) is 10.7. The summed E-state index contributed by atoms with van der Waals surface area (Å²) in [6.07, 6.45) is 0. The number of nitrogens with two attached hydrogens (primary N) is 1. The van der Waals surface area contributed by atoms with Crippen molar-refractivity contribution in [3.8, 4) is 5.88 Å². The number of hydrogen-bond acceptors (Lipinski definition) is 4. The van der Waals surface area contributed by atoms with Gasteiger partial charge in [-0.15, -0.1) is 0 Å². The molecule has 0 saturated carbocycles. The van der Waals surface area contributed by atoms with Crippen LogP contribution in [0.25, 0.3) is 0 Å². The molecule has 1 aromatic carbocycles. The first-order chi connectivity index (χ1) is 9.97. The molecule has 5 heteroatoms. The maximum Gasteiger partial charge on any atom is 0.239 e. The average molecular weight is 289 g/mol. The molecule has 0 bridgehead atoms. The van der Waals surface area contributed by atoms with Crippen LogP contribution in [-0.4, -0.2) is 11.6 Å². The first-order valence-corrected chi connectivity index (χ1v) is 6.89. The van der Waals surface area contributed by atoms with Crippen LogP contribution in [0, 0.1) is 18.7 Å². The molecule has 2 aromatic rings. The number of hydrogen-bond donors (Lipinski definition) is 2. The van der Waals surface area contributed by atoms with Gasteiger partial charge in [-0.25, -0.2) is 4.39 Å². The smallest absolute Gasteiger partial charge is 0.239 e. The Bertz CT molecular complexity index is 629. The molecule has 3 N–H and O–H groups in total. The molecule has 0 aliphatic carbocycles. The van der Waals surface area contributed by atoms with Crippen LogP contribution >= 0.6 is 0 Å². The van der Waals surface area contributed by atoms with Crippen molar-refractivity contribution in [2.75, 3.05) is 17.7 Å². The number of nitrogen functional groups attached to an aromatic ring is 1. The first kappa shape index (κ1) is 15.1. The van der Waals surface area contributed by atoms with E-state index in [1.54, 1.807) is 31.2 Å². The summed E-state index contributed by atoms with van der Waals surface area (Å²) in [5.74, 6) is 1.08. The third-order valence-electron chi connectivity index (χ3n) is 2.97. The maximum atomic E-state index is 13.5. The molecule has 0 fully saturated rings. The number of rotatable bonds is 5. The van der Waals surface area contributed by atoms with E-state index in [4.69, 9.17) is 10.5 Å². The van der Waals surface area contributed by atoms with Gasteiger partial charge < -0.3 is 15.8 Å². The van der Waals surface area contributed by atoms with Crippen LogP contribution in [0.15, 0.2) is 30.3 Å². The monoisotopic (exact) mass is 289 g/mol. The van der Waals surface area contributed by atoms with E-state index in [1.165, 1.54) is 6.07 Å². The van der Waals surface area contributed by atoms with Crippen LogP contribution in [0.5, 0.6) is 5.88 Å². The molecular weight excluding hydrogens is 269 g/mol. The Morgan fingerprint density at radius 3 is 2.76 bits per heavy atom. The molecule has 2 rings (SSSR count). The Morgan fingerprint density at radius 1 is 1.29 bits per heavy atom. The molecule has 0 unspecified atom stereocenters. The van der Waals surface area contributed by atoms with Crippen LogP contribution in [0.2, 0.25) is 0 Å². The van der Waals surface area contributed by atoms with E-state index < -0.39 is 0 Å². The highest BCUT2D eigenvalue weighted by atomic mass is 19.1. The van der Waals surface area contributed by atoms with Crippen LogP contribution < -0.4 is 15.8 Å². The predicted octanol–water partition coefficient (Wildman–Crippen LogP) is 3.89. The van der Waals surface area contributed by atoms with Crippen LogP contribution in [0.3, 0.4) is 0 Å². The van der Waals surface area contributed by atoms with Crippen molar-refractivity contribution < 1.29 is 9.13 Å². The molecule has 0 spiro atoms. The zero-order chi connectivity index (χ0) is 15.4. The van der Waals surface area contributed by atoms with Gasteiger partial charge >= 0.3 is 0 Å². The highest BCUT2D eigenvalue weighted by Crippen LogP contribution is 2.25. The molecular formula is C16H20FN3O. The molecule has 0 radical (unpaired) electrons. The van der Waals surface area contributed by atoms with E-state index in [2.05, 4.69) is 10.3 Å². The SMILES string of the molecule is Cc1c(F)cccc1Nc1ccc(N)c(OCC(C)C)n1. The molecule has 0 aliphatic heterocycles. The number of benzene rings is 1. The number of pyridine rings is 1. The Labute approximate surface area is 124 Å². The highest BCUT2D eigenvalue weighted by molar-refractivity contribution is 5.63. The zero-order valence-electron chi connectivity index (χ0n) is 12.5. The van der Waals surface area contributed by atoms with Crippen molar-refractivity contribution in [3.05, 3.63) is 41.7 Å². The second-order valence-electron chi connectivity index (χ2n) is 5.33. The lowest BCUT2D eigenvalue weighted by atomic mass is 10.2. The minimum absolute atomic E-state index is 0.258. The van der Waals surface area contributed by atoms with Gasteiger partial charge in [-0.1, -0.05) is 19.9 Å². The third kappa shape index (κ3) is 3.84. The second kappa shape index (κ2) is 6.43. The Morgan fingerprint density at radius 2 is 2.05 bits per heavy atom. The number of anilines is 3. The Hall–Kier alpha value is -2.30. The van der Waals surface area contributed by atoms with Crippen LogP contribution in [-0.2, 0) is 0 Å². The van der Waals surface area contributed by atoms with E-state index in [1.807, 2.05) is 13.8 Å². The fourth-order valence-electron chi connectivity index (χ4n) is 1.76. The van der Waals surface area contributed by atoms with Gasteiger partial charge in [-0.2, -0.15) is 4.98 Å². The standard InChI is InChI=1S/C16H20FN3O/c1-10(2)9-21-16-13(18)7-8-15(20-16)19-14-6-4-5-12(17)11(14)3/h4-8,10H,9,18H2,1-3H3,(H,19,20). The molecule has 0 amide bonds. The molecule has 0 atom stereocenters. The summed E-state index contributed by atoms with van der Waals surface area (Å²) in [7, 11) is 0. The van der Waals surface area contributed by atoms with Gasteiger partial charge in [0.2, 0.25) is 5.88 Å². The van der Waals surface area contributed by atoms with Gasteiger partial charge in [0.05, 0.1) is 12.3 Å². The summed E-state index contributed by atoms with van der Waals surface area (Å²) < 4.78 is 19.1. The second-order valence-corrected chi connectivity index (χ2v) is 5.33. The van der Waals surface area contributed by atoms with E-state index in [0.29, 0.717) is 41.2 Å². The topological polar surface area (TPSA) is 60.2 Å². The average Bonchev–Trinajstić information content (AvgIpc) is 2.44. The molecule has 1 heterocycles. The number of nitrogens with one attached hydrogen (secondary N) is 1. The van der Waals surface area contributed by atoms with Crippen molar-refractivity contribution in [1.82, 2.24) is 4.98 Å². The van der Waals surface area contributed by atoms with Crippen molar-refractivity contribution in [2.45, 2.75) is 20.8 Å². The molecule has 112 valence electrons. The lowest BCUT2D eigenvalue weighted by molar-refractivity contribution is 0.263. The fourth-order valence-corrected chi connectivity index (χ4v) is 1.76. The van der Waals surface area contributed by atoms with Crippen molar-refractivity contribution in [2.24, 2.45) is 5.92 Å². The fraction of sp³-hybridized carbons (Fsp3) is 0.312. The molecule has 0 aliphatic rings. The van der Waals surface area contributed by atoms with Crippen molar-refractivity contribution in [1.29, 1.82) is 0 Å². The van der Waals surface area contributed by atoms with Gasteiger partial charge in [0.25, 0.3) is 0 Å². The molecule has 4 nitrogen and oxygen atoms in total. The summed E-state index contributed by atoms with van der Waals surface area (Å²) in [5, 5.41) is 3.08. The van der Waals surface area contributed by atoms with Gasteiger partial charge in [-0.05, 0) is 37.1 Å². The predicted molar refractivity (Wildman–Crippen MR) is 83.4 cm³/mol. The van der Waals surface area contributed by atoms with Gasteiger partial charge in [0, 0.05) is 11.3 Å². The van der Waals surface area contributed by atoms with Crippen LogP contribution in [0.1, 0.15) is 19.4 Å². The summed E-state index contributed by atoms with van der Waals surface area (Å²) >= 11 is 0. The zero-order valence-corrected chi connectivity index (χ0v) is 12.5. The van der Waals surface area contributed by atoms with Crippen LogP contribution in [0.4, 0.5) is 21.6 Å². The summed E-state index contributed by atoms with van der Waals surface area (Å²) in [4.78, 5) is 4.33. The summed E-state index contributed by atoms with van der Waals surface area (Å²) in [6.45, 7) is 6.35. The van der Waals surface area contributed by atoms with Gasteiger partial charge in [0.1, 0.15) is 11.6 Å². The maximum absolute atomic E-state index is 13.5.